The maximum Gasteiger partial charge on any atom is 0.333 e. The van der Waals surface area contributed by atoms with Crippen molar-refractivity contribution in [1.29, 1.82) is 0 Å². The number of nitrogens with one attached hydrogen (secondary N) is 2. The first-order valence-corrected chi connectivity index (χ1v) is 7.07. The van der Waals surface area contributed by atoms with Crippen LogP contribution in [0.4, 0.5) is 10.5 Å². The van der Waals surface area contributed by atoms with Gasteiger partial charge in [-0.05, 0) is 38.3 Å². The van der Waals surface area contributed by atoms with E-state index in [1.807, 2.05) is 0 Å². The molecule has 6 heteroatoms. The lowest BCUT2D eigenvalue weighted by Gasteiger charge is -2.09. The summed E-state index contributed by atoms with van der Waals surface area (Å²) < 4.78 is 4.94. The van der Waals surface area contributed by atoms with E-state index in [1.165, 1.54) is 6.07 Å². The fourth-order valence-electron chi connectivity index (χ4n) is 1.58. The van der Waals surface area contributed by atoms with Crippen LogP contribution in [0.25, 0.3) is 0 Å². The van der Waals surface area contributed by atoms with Crippen molar-refractivity contribution in [2.45, 2.75) is 26.7 Å². The minimum atomic E-state index is -0.398. The summed E-state index contributed by atoms with van der Waals surface area (Å²) in [4.78, 5) is 22.8. The van der Waals surface area contributed by atoms with E-state index >= 15 is 0 Å². The highest BCUT2D eigenvalue weighted by Gasteiger charge is 2.04. The van der Waals surface area contributed by atoms with Crippen LogP contribution in [0.5, 0.6) is 5.75 Å². The first-order valence-electron chi connectivity index (χ1n) is 7.07. The van der Waals surface area contributed by atoms with Crippen LogP contribution in [0.15, 0.2) is 30.4 Å². The monoisotopic (exact) mass is 306 g/mol. The number of amides is 2. The molecule has 120 valence electrons. The van der Waals surface area contributed by atoms with Crippen LogP contribution in [0, 0.1) is 6.92 Å². The number of anilines is 1. The number of ether oxygens (including phenoxy) is 1. The van der Waals surface area contributed by atoms with E-state index in [2.05, 4.69) is 17.2 Å². The molecule has 0 heterocycles. The molecule has 0 spiro atoms. The Balaban J connectivity index is 2.17. The van der Waals surface area contributed by atoms with Crippen LogP contribution in [0.3, 0.4) is 0 Å². The van der Waals surface area contributed by atoms with Crippen molar-refractivity contribution in [3.05, 3.63) is 35.9 Å². The average molecular weight is 306 g/mol. The zero-order chi connectivity index (χ0) is 16.5. The Bertz CT molecular complexity index is 555. The standard InChI is InChI=1S/C16H22N2O4/c1-11(2)15(20)22-9-5-4-8-17-16(21)18-13-7-6-12(3)14(19)10-13/h6-7,10,19H,1,4-5,8-9H2,2-3H3,(H2,17,18,21). The van der Waals surface area contributed by atoms with Gasteiger partial charge in [0.15, 0.2) is 0 Å². The maximum absolute atomic E-state index is 11.6. The minimum absolute atomic E-state index is 0.136. The van der Waals surface area contributed by atoms with E-state index in [-0.39, 0.29) is 11.8 Å². The van der Waals surface area contributed by atoms with Crippen LogP contribution in [0.1, 0.15) is 25.3 Å². The van der Waals surface area contributed by atoms with Crippen LogP contribution in [0.2, 0.25) is 0 Å². The van der Waals surface area contributed by atoms with Gasteiger partial charge in [-0.1, -0.05) is 12.6 Å². The van der Waals surface area contributed by atoms with Gasteiger partial charge in [0.1, 0.15) is 5.75 Å². The molecule has 3 N–H and O–H groups in total. The van der Waals surface area contributed by atoms with Gasteiger partial charge in [-0.15, -0.1) is 0 Å². The van der Waals surface area contributed by atoms with Gasteiger partial charge in [0.25, 0.3) is 0 Å². The van der Waals surface area contributed by atoms with E-state index < -0.39 is 5.97 Å². The molecular formula is C16H22N2O4. The molecule has 0 aliphatic heterocycles. The lowest BCUT2D eigenvalue weighted by molar-refractivity contribution is -0.139. The second-order valence-electron chi connectivity index (χ2n) is 5.01. The number of phenols is 1. The zero-order valence-electron chi connectivity index (χ0n) is 12.9. The zero-order valence-corrected chi connectivity index (χ0v) is 12.9. The molecule has 0 atom stereocenters. The normalized spacial score (nSPS) is 9.91. The molecular weight excluding hydrogens is 284 g/mol. The third-order valence-electron chi connectivity index (χ3n) is 2.91. The summed E-state index contributed by atoms with van der Waals surface area (Å²) in [5, 5.41) is 14.9. The highest BCUT2D eigenvalue weighted by molar-refractivity contribution is 5.89. The summed E-state index contributed by atoms with van der Waals surface area (Å²) >= 11 is 0. The van der Waals surface area contributed by atoms with Crippen LogP contribution < -0.4 is 10.6 Å². The van der Waals surface area contributed by atoms with Crippen molar-refractivity contribution in [2.24, 2.45) is 0 Å². The third-order valence-corrected chi connectivity index (χ3v) is 2.91. The summed E-state index contributed by atoms with van der Waals surface area (Å²) in [5.74, 6) is -0.262. The number of hydrogen-bond acceptors (Lipinski definition) is 4. The molecule has 1 aromatic rings. The second kappa shape index (κ2) is 8.71. The first kappa shape index (κ1) is 17.6. The molecule has 6 nitrogen and oxygen atoms in total. The highest BCUT2D eigenvalue weighted by Crippen LogP contribution is 2.20. The third kappa shape index (κ3) is 6.30. The molecule has 0 aromatic heterocycles. The van der Waals surface area contributed by atoms with Crippen molar-refractivity contribution in [3.63, 3.8) is 0 Å². The first-order chi connectivity index (χ1) is 10.4. The highest BCUT2D eigenvalue weighted by atomic mass is 16.5. The maximum atomic E-state index is 11.6. The molecule has 22 heavy (non-hydrogen) atoms. The van der Waals surface area contributed by atoms with Gasteiger partial charge in [0.2, 0.25) is 0 Å². The van der Waals surface area contributed by atoms with Crippen molar-refractivity contribution < 1.29 is 19.4 Å². The molecule has 0 saturated carbocycles. The van der Waals surface area contributed by atoms with E-state index in [1.54, 1.807) is 26.0 Å². The smallest absolute Gasteiger partial charge is 0.333 e. The van der Waals surface area contributed by atoms with E-state index in [0.717, 1.165) is 5.56 Å². The topological polar surface area (TPSA) is 87.7 Å². The number of benzene rings is 1. The molecule has 0 aliphatic rings. The van der Waals surface area contributed by atoms with Crippen LogP contribution in [-0.4, -0.2) is 30.3 Å². The predicted octanol–water partition coefficient (Wildman–Crippen LogP) is 2.72. The molecule has 2 amide bonds. The largest absolute Gasteiger partial charge is 0.508 e. The van der Waals surface area contributed by atoms with E-state index in [9.17, 15) is 14.7 Å². The minimum Gasteiger partial charge on any atom is -0.508 e. The SMILES string of the molecule is C=C(C)C(=O)OCCCCNC(=O)Nc1ccc(C)c(O)c1. The number of rotatable bonds is 7. The number of aromatic hydroxyl groups is 1. The van der Waals surface area contributed by atoms with Gasteiger partial charge in [0, 0.05) is 23.9 Å². The number of carbonyl (C=O) groups excluding carboxylic acids is 2. The lowest BCUT2D eigenvalue weighted by Crippen LogP contribution is -2.29. The number of phenolic OH excluding ortho intramolecular Hbond substituents is 1. The summed E-state index contributed by atoms with van der Waals surface area (Å²) in [5.41, 5.74) is 1.64. The number of urea groups is 1. The van der Waals surface area contributed by atoms with Gasteiger partial charge in [-0.25, -0.2) is 9.59 Å². The Morgan fingerprint density at radius 1 is 1.32 bits per heavy atom. The van der Waals surface area contributed by atoms with Crippen LogP contribution >= 0.6 is 0 Å². The quantitative estimate of drug-likeness (QED) is 0.410. The average Bonchev–Trinajstić information content (AvgIpc) is 2.46. The van der Waals surface area contributed by atoms with Crippen molar-refractivity contribution in [3.8, 4) is 5.75 Å². The van der Waals surface area contributed by atoms with Gasteiger partial charge in [0.05, 0.1) is 6.61 Å². The molecule has 1 rings (SSSR count). The molecule has 0 fully saturated rings. The van der Waals surface area contributed by atoms with Gasteiger partial charge >= 0.3 is 12.0 Å². The number of esters is 1. The van der Waals surface area contributed by atoms with Crippen molar-refractivity contribution >= 4 is 17.7 Å². The van der Waals surface area contributed by atoms with Crippen molar-refractivity contribution in [2.75, 3.05) is 18.5 Å². The molecule has 0 bridgehead atoms. The lowest BCUT2D eigenvalue weighted by atomic mass is 10.2. The summed E-state index contributed by atoms with van der Waals surface area (Å²) in [6.07, 6.45) is 1.35. The van der Waals surface area contributed by atoms with Gasteiger partial charge in [-0.2, -0.15) is 0 Å². The van der Waals surface area contributed by atoms with Gasteiger partial charge in [-0.3, -0.25) is 0 Å². The number of aryl methyl sites for hydroxylation is 1. The van der Waals surface area contributed by atoms with Crippen LogP contribution in [-0.2, 0) is 9.53 Å². The Hall–Kier alpha value is -2.50. The molecule has 0 saturated heterocycles. The molecule has 0 aliphatic carbocycles. The predicted molar refractivity (Wildman–Crippen MR) is 84.9 cm³/mol. The summed E-state index contributed by atoms with van der Waals surface area (Å²) in [6, 6.07) is 4.58. The summed E-state index contributed by atoms with van der Waals surface area (Å²) in [7, 11) is 0. The Labute approximate surface area is 130 Å². The number of hydrogen-bond donors (Lipinski definition) is 3. The number of carbonyl (C=O) groups is 2. The van der Waals surface area contributed by atoms with Crippen molar-refractivity contribution in [1.82, 2.24) is 5.32 Å². The summed E-state index contributed by atoms with van der Waals surface area (Å²) in [6.45, 7) is 7.63. The molecule has 0 unspecified atom stereocenters. The Kier molecular flexibility index (Phi) is 6.95. The Morgan fingerprint density at radius 2 is 2.05 bits per heavy atom. The molecule has 0 radical (unpaired) electrons. The fourth-order valence-corrected chi connectivity index (χ4v) is 1.58. The fraction of sp³-hybridized carbons (Fsp3) is 0.375. The molecule has 1 aromatic carbocycles. The van der Waals surface area contributed by atoms with E-state index in [4.69, 9.17) is 4.74 Å². The Morgan fingerprint density at radius 3 is 2.68 bits per heavy atom. The van der Waals surface area contributed by atoms with E-state index in [0.29, 0.717) is 37.3 Å². The van der Waals surface area contributed by atoms with Gasteiger partial charge < -0.3 is 20.5 Å². The number of unbranched alkanes of at least 4 members (excludes halogenated alkanes) is 1. The second-order valence-corrected chi connectivity index (χ2v) is 5.01.